The van der Waals surface area contributed by atoms with Gasteiger partial charge in [0, 0.05) is 0 Å². The average Bonchev–Trinajstić information content (AvgIpc) is 2.41. The molecule has 12 heteroatoms. The zero-order valence-corrected chi connectivity index (χ0v) is 11.7. The van der Waals surface area contributed by atoms with Crippen LogP contribution in [0.4, 0.5) is 0 Å². The molecule has 6 atom stereocenters. The number of hydrogen-bond acceptors (Lipinski definition) is 9. The molecule has 126 valence electrons. The van der Waals surface area contributed by atoms with Crippen LogP contribution >= 0.6 is 7.82 Å². The van der Waals surface area contributed by atoms with Gasteiger partial charge in [0.25, 0.3) is 0 Å². The first-order chi connectivity index (χ1) is 9.65. The van der Waals surface area contributed by atoms with E-state index in [4.69, 9.17) is 24.4 Å². The fourth-order valence-electron chi connectivity index (χ4n) is 1.64. The molecule has 0 saturated carbocycles. The first-order valence-electron chi connectivity index (χ1n) is 5.96. The van der Waals surface area contributed by atoms with Gasteiger partial charge in [-0.3, -0.25) is 4.52 Å². The van der Waals surface area contributed by atoms with Gasteiger partial charge in [0.1, 0.15) is 30.5 Å². The molecule has 0 aliphatic carbocycles. The van der Waals surface area contributed by atoms with Gasteiger partial charge in [-0.25, -0.2) is 4.57 Å². The van der Waals surface area contributed by atoms with Crippen LogP contribution in [0.25, 0.3) is 0 Å². The normalized spacial score (nSPS) is 35.7. The van der Waals surface area contributed by atoms with Crippen LogP contribution in [0.2, 0.25) is 0 Å². The number of aliphatic hydroxyl groups excluding tert-OH is 5. The molecule has 1 rings (SSSR count). The van der Waals surface area contributed by atoms with Gasteiger partial charge >= 0.3 is 7.82 Å². The fourth-order valence-corrected chi connectivity index (χ4v) is 2.01. The molecule has 0 aromatic carbocycles. The van der Waals surface area contributed by atoms with E-state index in [2.05, 4.69) is 4.52 Å². The highest BCUT2D eigenvalue weighted by molar-refractivity contribution is 7.46. The summed E-state index contributed by atoms with van der Waals surface area (Å²) in [6, 6.07) is 0. The Morgan fingerprint density at radius 2 is 1.71 bits per heavy atom. The lowest BCUT2D eigenvalue weighted by Gasteiger charge is -2.39. The summed E-state index contributed by atoms with van der Waals surface area (Å²) in [6.45, 7) is -1.88. The molecular weight excluding hydrogens is 315 g/mol. The van der Waals surface area contributed by atoms with Crippen LogP contribution in [0.1, 0.15) is 0 Å². The molecule has 1 saturated heterocycles. The largest absolute Gasteiger partial charge is 0.469 e. The van der Waals surface area contributed by atoms with Crippen LogP contribution in [0.15, 0.2) is 0 Å². The number of hydrogen-bond donors (Lipinski definition) is 7. The Balaban J connectivity index is 2.44. The first-order valence-corrected chi connectivity index (χ1v) is 7.49. The van der Waals surface area contributed by atoms with E-state index in [1.807, 2.05) is 0 Å². The predicted octanol–water partition coefficient (Wildman–Crippen LogP) is -3.73. The highest BCUT2D eigenvalue weighted by atomic mass is 31.2. The number of ether oxygens (including phenoxy) is 2. The van der Waals surface area contributed by atoms with Crippen LogP contribution in [-0.4, -0.2) is 91.9 Å². The number of phosphoric acid groups is 1. The van der Waals surface area contributed by atoms with Crippen molar-refractivity contribution in [1.29, 1.82) is 0 Å². The van der Waals surface area contributed by atoms with Gasteiger partial charge in [0.15, 0.2) is 6.29 Å². The molecule has 0 aromatic rings. The molecule has 0 radical (unpaired) electrons. The Hall–Kier alpha value is -0.170. The van der Waals surface area contributed by atoms with Gasteiger partial charge in [-0.15, -0.1) is 0 Å². The quantitative estimate of drug-likeness (QED) is 0.227. The predicted molar refractivity (Wildman–Crippen MR) is 63.7 cm³/mol. The average molecular weight is 334 g/mol. The van der Waals surface area contributed by atoms with E-state index in [9.17, 15) is 25.0 Å². The highest BCUT2D eigenvalue weighted by Crippen LogP contribution is 2.35. The van der Waals surface area contributed by atoms with Gasteiger partial charge in [-0.2, -0.15) is 0 Å². The molecule has 21 heavy (non-hydrogen) atoms. The van der Waals surface area contributed by atoms with Crippen molar-refractivity contribution in [3.8, 4) is 0 Å². The van der Waals surface area contributed by atoms with Gasteiger partial charge in [0.2, 0.25) is 0 Å². The second kappa shape index (κ2) is 7.90. The monoisotopic (exact) mass is 334 g/mol. The lowest BCUT2D eigenvalue weighted by atomic mass is 9.99. The lowest BCUT2D eigenvalue weighted by molar-refractivity contribution is -0.304. The molecule has 1 aliphatic heterocycles. The Labute approximate surface area is 119 Å². The van der Waals surface area contributed by atoms with Crippen molar-refractivity contribution in [2.45, 2.75) is 36.8 Å². The molecule has 7 N–H and O–H groups in total. The molecule has 0 amide bonds. The number of rotatable bonds is 7. The zero-order valence-electron chi connectivity index (χ0n) is 10.8. The van der Waals surface area contributed by atoms with E-state index in [1.165, 1.54) is 0 Å². The standard InChI is InChI=1S/C9H19O11P/c10-1-5-6(12)7(13)8(14)9(20-5)18-2-4(11)3-19-21(15,16)17/h4-14H,1-3H2,(H2,15,16,17)/t4?,5-,6+,7+,8-,9-/m1/s1. The van der Waals surface area contributed by atoms with Crippen molar-refractivity contribution in [3.63, 3.8) is 0 Å². The van der Waals surface area contributed by atoms with Gasteiger partial charge in [-0.05, 0) is 0 Å². The summed E-state index contributed by atoms with van der Waals surface area (Å²) in [5.41, 5.74) is 0. The topological polar surface area (TPSA) is 186 Å². The summed E-state index contributed by atoms with van der Waals surface area (Å²) in [7, 11) is -4.72. The van der Waals surface area contributed by atoms with Crippen molar-refractivity contribution < 1.29 is 53.9 Å². The lowest BCUT2D eigenvalue weighted by Crippen LogP contribution is -2.59. The van der Waals surface area contributed by atoms with Crippen molar-refractivity contribution in [3.05, 3.63) is 0 Å². The molecule has 1 unspecified atom stereocenters. The third-order valence-electron chi connectivity index (χ3n) is 2.74. The molecule has 0 spiro atoms. The molecule has 1 aliphatic rings. The summed E-state index contributed by atoms with van der Waals surface area (Å²) < 4.78 is 24.4. The molecule has 1 heterocycles. The maximum Gasteiger partial charge on any atom is 0.469 e. The summed E-state index contributed by atoms with van der Waals surface area (Å²) in [5, 5.41) is 46.9. The Kier molecular flexibility index (Phi) is 7.10. The minimum Gasteiger partial charge on any atom is -0.394 e. The summed E-state index contributed by atoms with van der Waals surface area (Å²) in [4.78, 5) is 16.9. The minimum absolute atomic E-state index is 0.525. The molecule has 1 fully saturated rings. The number of phosphoric ester groups is 1. The van der Waals surface area contributed by atoms with Crippen molar-refractivity contribution in [2.24, 2.45) is 0 Å². The van der Waals surface area contributed by atoms with Crippen molar-refractivity contribution in [2.75, 3.05) is 19.8 Å². The third-order valence-corrected chi connectivity index (χ3v) is 3.22. The maximum absolute atomic E-state index is 10.4. The Bertz CT molecular complexity index is 358. The van der Waals surface area contributed by atoms with Crippen LogP contribution in [0.5, 0.6) is 0 Å². The SMILES string of the molecule is O=P(O)(O)OCC(O)CO[C@@H]1O[C@H](CO)[C@H](O)[C@H](O)[C@H]1O. The van der Waals surface area contributed by atoms with Gasteiger partial charge in [-0.1, -0.05) is 0 Å². The summed E-state index contributed by atoms with van der Waals surface area (Å²) in [6.07, 6.45) is -8.80. The second-order valence-corrected chi connectivity index (χ2v) is 5.71. The fraction of sp³-hybridized carbons (Fsp3) is 1.00. The third kappa shape index (κ3) is 5.85. The molecular formula is C9H19O11P. The van der Waals surface area contributed by atoms with Crippen molar-refractivity contribution in [1.82, 2.24) is 0 Å². The summed E-state index contributed by atoms with van der Waals surface area (Å²) >= 11 is 0. The molecule has 0 aromatic heterocycles. The van der Waals surface area contributed by atoms with Crippen molar-refractivity contribution >= 4 is 7.82 Å². The Morgan fingerprint density at radius 3 is 2.24 bits per heavy atom. The van der Waals surface area contributed by atoms with E-state index in [0.717, 1.165) is 0 Å². The first kappa shape index (κ1) is 18.9. The highest BCUT2D eigenvalue weighted by Gasteiger charge is 2.44. The zero-order chi connectivity index (χ0) is 16.2. The van der Waals surface area contributed by atoms with Gasteiger partial charge in [0.05, 0.1) is 19.8 Å². The smallest absolute Gasteiger partial charge is 0.394 e. The van der Waals surface area contributed by atoms with E-state index in [0.29, 0.717) is 0 Å². The van der Waals surface area contributed by atoms with Crippen LogP contribution in [-0.2, 0) is 18.6 Å². The summed E-state index contributed by atoms with van der Waals surface area (Å²) in [5.74, 6) is 0. The van der Waals surface area contributed by atoms with Gasteiger partial charge < -0.3 is 44.8 Å². The van der Waals surface area contributed by atoms with Crippen LogP contribution in [0.3, 0.4) is 0 Å². The van der Waals surface area contributed by atoms with E-state index < -0.39 is 64.5 Å². The van der Waals surface area contributed by atoms with E-state index >= 15 is 0 Å². The minimum atomic E-state index is -4.72. The second-order valence-electron chi connectivity index (χ2n) is 4.47. The maximum atomic E-state index is 10.4. The molecule has 0 bridgehead atoms. The van der Waals surface area contributed by atoms with Crippen LogP contribution in [0, 0.1) is 0 Å². The Morgan fingerprint density at radius 1 is 1.10 bits per heavy atom. The van der Waals surface area contributed by atoms with E-state index in [1.54, 1.807) is 0 Å². The van der Waals surface area contributed by atoms with E-state index in [-0.39, 0.29) is 0 Å². The van der Waals surface area contributed by atoms with Crippen LogP contribution < -0.4 is 0 Å². The molecule has 11 nitrogen and oxygen atoms in total. The number of aliphatic hydroxyl groups is 5.